The van der Waals surface area contributed by atoms with Gasteiger partial charge in [0.05, 0.1) is 11.7 Å². The summed E-state index contributed by atoms with van der Waals surface area (Å²) in [5, 5.41) is 3.64. The lowest BCUT2D eigenvalue weighted by Gasteiger charge is -2.33. The van der Waals surface area contributed by atoms with Crippen molar-refractivity contribution in [2.45, 2.75) is 70.6 Å². The summed E-state index contributed by atoms with van der Waals surface area (Å²) >= 11 is 0. The van der Waals surface area contributed by atoms with E-state index in [4.69, 9.17) is 0 Å². The van der Waals surface area contributed by atoms with Gasteiger partial charge in [0, 0.05) is 12.6 Å². The van der Waals surface area contributed by atoms with Crippen molar-refractivity contribution in [3.05, 3.63) is 0 Å². The van der Waals surface area contributed by atoms with Gasteiger partial charge in [-0.3, -0.25) is 10.1 Å². The zero-order chi connectivity index (χ0) is 14.3. The fourth-order valence-electron chi connectivity index (χ4n) is 3.88. The molecule has 0 radical (unpaired) electrons. The molecule has 114 valence electrons. The van der Waals surface area contributed by atoms with Gasteiger partial charge in [0.25, 0.3) is 0 Å². The molecule has 2 unspecified atom stereocenters. The van der Waals surface area contributed by atoms with Crippen molar-refractivity contribution in [3.63, 3.8) is 0 Å². The van der Waals surface area contributed by atoms with Crippen LogP contribution in [0.15, 0.2) is 0 Å². The predicted octanol–water partition coefficient (Wildman–Crippen LogP) is 1.81. The predicted molar refractivity (Wildman–Crippen MR) is 80.3 cm³/mol. The van der Waals surface area contributed by atoms with Crippen LogP contribution in [0.5, 0.6) is 0 Å². The molecule has 2 heterocycles. The molecule has 2 saturated heterocycles. The Hall–Kier alpha value is -0.610. The third kappa shape index (κ3) is 2.60. The molecule has 20 heavy (non-hydrogen) atoms. The minimum absolute atomic E-state index is 0.168. The maximum Gasteiger partial charge on any atom is 0.244 e. The van der Waals surface area contributed by atoms with E-state index in [1.165, 1.54) is 25.9 Å². The van der Waals surface area contributed by atoms with Gasteiger partial charge in [0.15, 0.2) is 0 Å². The van der Waals surface area contributed by atoms with Crippen molar-refractivity contribution < 1.29 is 4.79 Å². The average Bonchev–Trinajstić information content (AvgIpc) is 2.86. The summed E-state index contributed by atoms with van der Waals surface area (Å²) < 4.78 is 0. The SMILES string of the molecule is CC(C)CC1NC2(CC2)C(=O)N1C(C)CN1CCCC1. The van der Waals surface area contributed by atoms with Crippen LogP contribution in [0.3, 0.4) is 0 Å². The van der Waals surface area contributed by atoms with E-state index in [-0.39, 0.29) is 11.7 Å². The van der Waals surface area contributed by atoms with Gasteiger partial charge in [-0.1, -0.05) is 13.8 Å². The number of carbonyl (C=O) groups is 1. The van der Waals surface area contributed by atoms with Gasteiger partial charge >= 0.3 is 0 Å². The lowest BCUT2D eigenvalue weighted by Crippen LogP contribution is -2.48. The van der Waals surface area contributed by atoms with Crippen LogP contribution in [0, 0.1) is 5.92 Å². The van der Waals surface area contributed by atoms with Crippen LogP contribution in [0.1, 0.15) is 52.9 Å². The lowest BCUT2D eigenvalue weighted by atomic mass is 10.1. The molecule has 0 aromatic rings. The smallest absolute Gasteiger partial charge is 0.244 e. The summed E-state index contributed by atoms with van der Waals surface area (Å²) in [6, 6.07) is 0.330. The summed E-state index contributed by atoms with van der Waals surface area (Å²) in [6.07, 6.45) is 6.03. The van der Waals surface area contributed by atoms with Crippen LogP contribution < -0.4 is 5.32 Å². The van der Waals surface area contributed by atoms with E-state index < -0.39 is 0 Å². The zero-order valence-corrected chi connectivity index (χ0v) is 13.2. The van der Waals surface area contributed by atoms with Gasteiger partial charge in [-0.15, -0.1) is 0 Å². The molecule has 0 aromatic heterocycles. The molecule has 4 heteroatoms. The summed E-state index contributed by atoms with van der Waals surface area (Å²) in [7, 11) is 0. The largest absolute Gasteiger partial charge is 0.322 e. The fourth-order valence-corrected chi connectivity index (χ4v) is 3.88. The number of carbonyl (C=O) groups excluding carboxylic acids is 1. The molecule has 0 aromatic carbocycles. The van der Waals surface area contributed by atoms with Crippen LogP contribution in [-0.2, 0) is 4.79 Å². The minimum Gasteiger partial charge on any atom is -0.322 e. The van der Waals surface area contributed by atoms with Crippen molar-refractivity contribution in [1.82, 2.24) is 15.1 Å². The highest BCUT2D eigenvalue weighted by atomic mass is 16.2. The van der Waals surface area contributed by atoms with Crippen molar-refractivity contribution in [3.8, 4) is 0 Å². The Morgan fingerprint density at radius 3 is 2.45 bits per heavy atom. The van der Waals surface area contributed by atoms with Gasteiger partial charge in [0.1, 0.15) is 0 Å². The second kappa shape index (κ2) is 5.30. The van der Waals surface area contributed by atoms with E-state index in [0.717, 1.165) is 25.8 Å². The molecule has 3 aliphatic rings. The standard InChI is InChI=1S/C16H29N3O/c1-12(2)10-14-17-16(6-7-16)15(20)19(14)13(3)11-18-8-4-5-9-18/h12-14,17H,4-11H2,1-3H3. The topological polar surface area (TPSA) is 35.6 Å². The number of likely N-dealkylation sites (tertiary alicyclic amines) is 1. The number of nitrogens with zero attached hydrogens (tertiary/aromatic N) is 2. The summed E-state index contributed by atoms with van der Waals surface area (Å²) in [5.74, 6) is 0.991. The molecule has 4 nitrogen and oxygen atoms in total. The Kier molecular flexibility index (Phi) is 3.80. The number of hydrogen-bond donors (Lipinski definition) is 1. The molecule has 2 atom stereocenters. The number of amides is 1. The fraction of sp³-hybridized carbons (Fsp3) is 0.938. The lowest BCUT2D eigenvalue weighted by molar-refractivity contribution is -0.133. The average molecular weight is 279 g/mol. The minimum atomic E-state index is -0.168. The summed E-state index contributed by atoms with van der Waals surface area (Å²) in [6.45, 7) is 10.2. The van der Waals surface area contributed by atoms with E-state index in [2.05, 4.69) is 35.9 Å². The van der Waals surface area contributed by atoms with E-state index >= 15 is 0 Å². The molecule has 1 amide bonds. The number of nitrogens with one attached hydrogen (secondary N) is 1. The van der Waals surface area contributed by atoms with Crippen LogP contribution in [0.2, 0.25) is 0 Å². The van der Waals surface area contributed by atoms with E-state index in [1.807, 2.05) is 0 Å². The van der Waals surface area contributed by atoms with Crippen LogP contribution in [-0.4, -0.2) is 53.1 Å². The van der Waals surface area contributed by atoms with Gasteiger partial charge in [-0.05, 0) is 58.0 Å². The Balaban J connectivity index is 1.68. The first-order chi connectivity index (χ1) is 9.52. The van der Waals surface area contributed by atoms with Gasteiger partial charge in [-0.2, -0.15) is 0 Å². The molecule has 1 aliphatic carbocycles. The van der Waals surface area contributed by atoms with Crippen LogP contribution >= 0.6 is 0 Å². The van der Waals surface area contributed by atoms with Crippen molar-refractivity contribution in [2.75, 3.05) is 19.6 Å². The van der Waals surface area contributed by atoms with Gasteiger partial charge in [0.2, 0.25) is 5.91 Å². The van der Waals surface area contributed by atoms with Crippen molar-refractivity contribution >= 4 is 5.91 Å². The molecular formula is C16H29N3O. The summed E-state index contributed by atoms with van der Waals surface area (Å²) in [4.78, 5) is 17.4. The molecule has 1 saturated carbocycles. The first-order valence-electron chi connectivity index (χ1n) is 8.35. The Labute approximate surface area is 122 Å². The normalized spacial score (nSPS) is 30.7. The number of rotatable bonds is 5. The van der Waals surface area contributed by atoms with E-state index in [0.29, 0.717) is 17.9 Å². The monoisotopic (exact) mass is 279 g/mol. The summed E-state index contributed by atoms with van der Waals surface area (Å²) in [5.41, 5.74) is -0.168. The molecule has 1 N–H and O–H groups in total. The third-order valence-corrected chi connectivity index (χ3v) is 5.06. The van der Waals surface area contributed by atoms with Crippen LogP contribution in [0.25, 0.3) is 0 Å². The highest BCUT2D eigenvalue weighted by molar-refractivity contribution is 5.92. The zero-order valence-electron chi connectivity index (χ0n) is 13.2. The molecule has 1 spiro atoms. The Morgan fingerprint density at radius 1 is 1.25 bits per heavy atom. The second-order valence-corrected chi connectivity index (χ2v) is 7.44. The quantitative estimate of drug-likeness (QED) is 0.833. The third-order valence-electron chi connectivity index (χ3n) is 5.06. The molecule has 0 bridgehead atoms. The highest BCUT2D eigenvalue weighted by Gasteiger charge is 2.59. The van der Waals surface area contributed by atoms with Crippen molar-refractivity contribution in [2.24, 2.45) is 5.92 Å². The van der Waals surface area contributed by atoms with Gasteiger partial charge in [-0.25, -0.2) is 0 Å². The first-order valence-corrected chi connectivity index (χ1v) is 8.35. The molecule has 3 fully saturated rings. The molecule has 3 rings (SSSR count). The maximum atomic E-state index is 12.7. The van der Waals surface area contributed by atoms with Crippen molar-refractivity contribution in [1.29, 1.82) is 0 Å². The highest BCUT2D eigenvalue weighted by Crippen LogP contribution is 2.43. The van der Waals surface area contributed by atoms with Crippen LogP contribution in [0.4, 0.5) is 0 Å². The van der Waals surface area contributed by atoms with Gasteiger partial charge < -0.3 is 9.80 Å². The number of hydrogen-bond acceptors (Lipinski definition) is 3. The maximum absolute atomic E-state index is 12.7. The first kappa shape index (κ1) is 14.3. The van der Waals surface area contributed by atoms with E-state index in [9.17, 15) is 4.79 Å². The second-order valence-electron chi connectivity index (χ2n) is 7.44. The Morgan fingerprint density at radius 2 is 1.90 bits per heavy atom. The van der Waals surface area contributed by atoms with E-state index in [1.54, 1.807) is 0 Å². The molecule has 2 aliphatic heterocycles. The molecular weight excluding hydrogens is 250 g/mol. The Bertz CT molecular complexity index is 372.